The van der Waals surface area contributed by atoms with Crippen LogP contribution in [0, 0.1) is 13.8 Å². The molecule has 5 nitrogen and oxygen atoms in total. The highest BCUT2D eigenvalue weighted by Gasteiger charge is 2.16. The third-order valence-corrected chi connectivity index (χ3v) is 5.99. The average Bonchev–Trinajstić information content (AvgIpc) is 2.96. The third kappa shape index (κ3) is 4.34. The number of rotatable bonds is 6. The van der Waals surface area contributed by atoms with Crippen molar-refractivity contribution in [3.63, 3.8) is 0 Å². The SMILES string of the molecule is Cc1nn(-c2ccc(C(=O)NCC(c3ccccc3)N(C)C)cc2)c(C)c1Br. The largest absolute Gasteiger partial charge is 0.350 e. The van der Waals surface area contributed by atoms with E-state index in [0.29, 0.717) is 12.1 Å². The van der Waals surface area contributed by atoms with E-state index in [1.807, 2.05) is 75.1 Å². The van der Waals surface area contributed by atoms with Crippen molar-refractivity contribution >= 4 is 21.8 Å². The molecule has 6 heteroatoms. The highest BCUT2D eigenvalue weighted by molar-refractivity contribution is 9.10. The summed E-state index contributed by atoms with van der Waals surface area (Å²) in [7, 11) is 4.04. The molecular formula is C22H25BrN4O. The first-order chi connectivity index (χ1) is 13.4. The number of carbonyl (C=O) groups excluding carboxylic acids is 1. The number of likely N-dealkylation sites (N-methyl/N-ethyl adjacent to an activating group) is 1. The van der Waals surface area contributed by atoms with Gasteiger partial charge >= 0.3 is 0 Å². The normalized spacial score (nSPS) is 12.2. The minimum absolute atomic E-state index is 0.0797. The summed E-state index contributed by atoms with van der Waals surface area (Å²) in [6.45, 7) is 4.51. The van der Waals surface area contributed by atoms with Crippen molar-refractivity contribution in [3.05, 3.63) is 81.6 Å². The highest BCUT2D eigenvalue weighted by atomic mass is 79.9. The topological polar surface area (TPSA) is 50.2 Å². The Hall–Kier alpha value is -2.44. The lowest BCUT2D eigenvalue weighted by Gasteiger charge is -2.25. The molecule has 2 aromatic carbocycles. The van der Waals surface area contributed by atoms with Gasteiger partial charge in [-0.15, -0.1) is 0 Å². The first-order valence-corrected chi connectivity index (χ1v) is 9.99. The maximum atomic E-state index is 12.6. The predicted molar refractivity (Wildman–Crippen MR) is 116 cm³/mol. The van der Waals surface area contributed by atoms with Crippen molar-refractivity contribution in [3.8, 4) is 5.69 Å². The van der Waals surface area contributed by atoms with E-state index in [2.05, 4.69) is 43.4 Å². The third-order valence-electron chi connectivity index (χ3n) is 4.84. The smallest absolute Gasteiger partial charge is 0.251 e. The Kier molecular flexibility index (Phi) is 6.31. The Labute approximate surface area is 174 Å². The van der Waals surface area contributed by atoms with Crippen LogP contribution in [0.3, 0.4) is 0 Å². The Morgan fingerprint density at radius 2 is 1.75 bits per heavy atom. The molecule has 1 atom stereocenters. The van der Waals surface area contributed by atoms with Gasteiger partial charge in [0, 0.05) is 12.1 Å². The summed E-state index contributed by atoms with van der Waals surface area (Å²) >= 11 is 3.55. The van der Waals surface area contributed by atoms with Crippen LogP contribution in [0.4, 0.5) is 0 Å². The summed E-state index contributed by atoms with van der Waals surface area (Å²) in [5.41, 5.74) is 4.72. The number of hydrogen-bond donors (Lipinski definition) is 1. The molecule has 1 amide bonds. The van der Waals surface area contributed by atoms with E-state index in [0.717, 1.165) is 21.5 Å². The molecule has 0 radical (unpaired) electrons. The van der Waals surface area contributed by atoms with E-state index in [9.17, 15) is 4.79 Å². The van der Waals surface area contributed by atoms with Crippen LogP contribution in [0.5, 0.6) is 0 Å². The molecule has 0 fully saturated rings. The number of aryl methyl sites for hydroxylation is 1. The summed E-state index contributed by atoms with van der Waals surface area (Å²) < 4.78 is 2.88. The van der Waals surface area contributed by atoms with E-state index < -0.39 is 0 Å². The molecular weight excluding hydrogens is 416 g/mol. The van der Waals surface area contributed by atoms with Gasteiger partial charge in [-0.25, -0.2) is 4.68 Å². The van der Waals surface area contributed by atoms with E-state index in [-0.39, 0.29) is 11.9 Å². The molecule has 1 unspecified atom stereocenters. The zero-order chi connectivity index (χ0) is 20.3. The second-order valence-corrected chi connectivity index (χ2v) is 7.84. The van der Waals surface area contributed by atoms with Crippen molar-refractivity contribution in [1.29, 1.82) is 0 Å². The molecule has 0 bridgehead atoms. The molecule has 0 saturated carbocycles. The van der Waals surface area contributed by atoms with Crippen molar-refractivity contribution < 1.29 is 4.79 Å². The predicted octanol–water partition coefficient (Wildman–Crippen LogP) is 4.28. The van der Waals surface area contributed by atoms with Gasteiger partial charge in [0.15, 0.2) is 0 Å². The Morgan fingerprint density at radius 3 is 2.29 bits per heavy atom. The maximum Gasteiger partial charge on any atom is 0.251 e. The molecule has 3 aromatic rings. The minimum Gasteiger partial charge on any atom is -0.350 e. The van der Waals surface area contributed by atoms with Gasteiger partial charge in [-0.05, 0) is 73.7 Å². The second-order valence-electron chi connectivity index (χ2n) is 7.04. The van der Waals surface area contributed by atoms with Crippen LogP contribution in [0.1, 0.15) is 33.4 Å². The summed E-state index contributed by atoms with van der Waals surface area (Å²) in [5.74, 6) is -0.0797. The molecule has 0 spiro atoms. The molecule has 0 saturated heterocycles. The van der Waals surface area contributed by atoms with Gasteiger partial charge in [0.05, 0.1) is 27.6 Å². The summed E-state index contributed by atoms with van der Waals surface area (Å²) in [6.07, 6.45) is 0. The van der Waals surface area contributed by atoms with Gasteiger partial charge in [0.2, 0.25) is 0 Å². The number of benzene rings is 2. The van der Waals surface area contributed by atoms with Crippen molar-refractivity contribution in [2.75, 3.05) is 20.6 Å². The monoisotopic (exact) mass is 440 g/mol. The molecule has 28 heavy (non-hydrogen) atoms. The minimum atomic E-state index is -0.0797. The summed E-state index contributed by atoms with van der Waals surface area (Å²) in [6, 6.07) is 17.8. The van der Waals surface area contributed by atoms with Crippen LogP contribution < -0.4 is 5.32 Å². The van der Waals surface area contributed by atoms with Gasteiger partial charge in [0.25, 0.3) is 5.91 Å². The molecule has 1 heterocycles. The van der Waals surface area contributed by atoms with Gasteiger partial charge in [-0.2, -0.15) is 5.10 Å². The number of carbonyl (C=O) groups is 1. The maximum absolute atomic E-state index is 12.6. The van der Waals surface area contributed by atoms with E-state index >= 15 is 0 Å². The Balaban J connectivity index is 1.70. The van der Waals surface area contributed by atoms with Crippen LogP contribution in [0.15, 0.2) is 59.1 Å². The van der Waals surface area contributed by atoms with Crippen LogP contribution in [-0.2, 0) is 0 Å². The summed E-state index contributed by atoms with van der Waals surface area (Å²) in [5, 5.41) is 7.58. The van der Waals surface area contributed by atoms with E-state index in [1.54, 1.807) is 0 Å². The van der Waals surface area contributed by atoms with Crippen LogP contribution in [0.2, 0.25) is 0 Å². The first kappa shape index (κ1) is 20.3. The highest BCUT2D eigenvalue weighted by Crippen LogP contribution is 2.23. The lowest BCUT2D eigenvalue weighted by Crippen LogP contribution is -2.34. The number of nitrogens with one attached hydrogen (secondary N) is 1. The first-order valence-electron chi connectivity index (χ1n) is 9.20. The molecule has 1 N–H and O–H groups in total. The number of halogens is 1. The lowest BCUT2D eigenvalue weighted by atomic mass is 10.1. The number of aromatic nitrogens is 2. The molecule has 146 valence electrons. The zero-order valence-electron chi connectivity index (χ0n) is 16.6. The van der Waals surface area contributed by atoms with Gasteiger partial charge in [-0.3, -0.25) is 4.79 Å². The molecule has 0 aliphatic rings. The number of hydrogen-bond acceptors (Lipinski definition) is 3. The van der Waals surface area contributed by atoms with Crippen molar-refractivity contribution in [1.82, 2.24) is 20.0 Å². The van der Waals surface area contributed by atoms with E-state index in [1.165, 1.54) is 5.56 Å². The quantitative estimate of drug-likeness (QED) is 0.621. The second kappa shape index (κ2) is 8.71. The molecule has 0 aliphatic carbocycles. The fourth-order valence-electron chi connectivity index (χ4n) is 3.19. The van der Waals surface area contributed by atoms with Crippen LogP contribution in [-0.4, -0.2) is 41.2 Å². The standard InChI is InChI=1S/C22H25BrN4O/c1-15-21(23)16(2)27(25-15)19-12-10-18(11-13-19)22(28)24-14-20(26(3)4)17-8-6-5-7-9-17/h5-13,20H,14H2,1-4H3,(H,24,28). The number of nitrogens with zero attached hydrogens (tertiary/aromatic N) is 3. The molecule has 1 aromatic heterocycles. The average molecular weight is 441 g/mol. The fraction of sp³-hybridized carbons (Fsp3) is 0.273. The van der Waals surface area contributed by atoms with Crippen molar-refractivity contribution in [2.24, 2.45) is 0 Å². The van der Waals surface area contributed by atoms with Crippen LogP contribution >= 0.6 is 15.9 Å². The van der Waals surface area contributed by atoms with Gasteiger partial charge < -0.3 is 10.2 Å². The van der Waals surface area contributed by atoms with Crippen molar-refractivity contribution in [2.45, 2.75) is 19.9 Å². The molecule has 3 rings (SSSR count). The Morgan fingerprint density at radius 1 is 1.11 bits per heavy atom. The van der Waals surface area contributed by atoms with Gasteiger partial charge in [0.1, 0.15) is 0 Å². The summed E-state index contributed by atoms with van der Waals surface area (Å²) in [4.78, 5) is 14.7. The lowest BCUT2D eigenvalue weighted by molar-refractivity contribution is 0.0942. The Bertz CT molecular complexity index is 949. The van der Waals surface area contributed by atoms with Gasteiger partial charge in [-0.1, -0.05) is 30.3 Å². The molecule has 0 aliphatic heterocycles. The number of amides is 1. The fourth-order valence-corrected chi connectivity index (χ4v) is 3.44. The van der Waals surface area contributed by atoms with Crippen LogP contribution in [0.25, 0.3) is 5.69 Å². The zero-order valence-corrected chi connectivity index (χ0v) is 18.2. The van der Waals surface area contributed by atoms with E-state index in [4.69, 9.17) is 0 Å².